The molecule has 1 heterocycles. The van der Waals surface area contributed by atoms with Crippen LogP contribution in [0.25, 0.3) is 6.08 Å². The highest BCUT2D eigenvalue weighted by atomic mass is 19.1. The van der Waals surface area contributed by atoms with Gasteiger partial charge >= 0.3 is 0 Å². The van der Waals surface area contributed by atoms with Crippen LogP contribution in [0.1, 0.15) is 12.0 Å². The van der Waals surface area contributed by atoms with Crippen molar-refractivity contribution in [3.05, 3.63) is 41.7 Å². The van der Waals surface area contributed by atoms with Gasteiger partial charge in [0, 0.05) is 19.2 Å². The first-order chi connectivity index (χ1) is 8.15. The molecule has 0 aromatic heterocycles. The molecule has 17 heavy (non-hydrogen) atoms. The maximum absolute atomic E-state index is 12.6. The molecule has 90 valence electrons. The SMILES string of the molecule is O=C(/C=C\c1ccc(F)cc1)N1CC[C@@H](O)C1. The van der Waals surface area contributed by atoms with Gasteiger partial charge in [-0.05, 0) is 30.2 Å². The van der Waals surface area contributed by atoms with Crippen molar-refractivity contribution in [2.75, 3.05) is 13.1 Å². The number of nitrogens with zero attached hydrogens (tertiary/aromatic N) is 1. The van der Waals surface area contributed by atoms with E-state index in [9.17, 15) is 14.3 Å². The number of rotatable bonds is 2. The van der Waals surface area contributed by atoms with Crippen LogP contribution in [0.3, 0.4) is 0 Å². The van der Waals surface area contributed by atoms with E-state index in [0.717, 1.165) is 5.56 Å². The standard InChI is InChI=1S/C13H14FNO2/c14-11-4-1-10(2-5-11)3-6-13(17)15-8-7-12(16)9-15/h1-6,12,16H,7-9H2/b6-3-/t12-/m1/s1. The first-order valence-electron chi connectivity index (χ1n) is 5.56. The Kier molecular flexibility index (Phi) is 3.54. The second-order valence-corrected chi connectivity index (χ2v) is 4.11. The lowest BCUT2D eigenvalue weighted by atomic mass is 10.2. The summed E-state index contributed by atoms with van der Waals surface area (Å²) in [6, 6.07) is 5.92. The normalized spacial score (nSPS) is 20.1. The molecule has 1 amide bonds. The predicted octanol–water partition coefficient (Wildman–Crippen LogP) is 1.43. The Bertz CT molecular complexity index is 428. The van der Waals surface area contributed by atoms with E-state index in [1.54, 1.807) is 23.1 Å². The fourth-order valence-corrected chi connectivity index (χ4v) is 1.79. The number of likely N-dealkylation sites (tertiary alicyclic amines) is 1. The van der Waals surface area contributed by atoms with Crippen molar-refractivity contribution in [1.29, 1.82) is 0 Å². The summed E-state index contributed by atoms with van der Waals surface area (Å²) in [7, 11) is 0. The highest BCUT2D eigenvalue weighted by molar-refractivity contribution is 5.91. The molecule has 1 aromatic rings. The zero-order valence-corrected chi connectivity index (χ0v) is 9.34. The molecule has 4 heteroatoms. The Labute approximate surface area is 99.2 Å². The van der Waals surface area contributed by atoms with Gasteiger partial charge < -0.3 is 10.0 Å². The van der Waals surface area contributed by atoms with Gasteiger partial charge in [-0.15, -0.1) is 0 Å². The second-order valence-electron chi connectivity index (χ2n) is 4.11. The number of carbonyl (C=O) groups excluding carboxylic acids is 1. The van der Waals surface area contributed by atoms with E-state index < -0.39 is 6.10 Å². The van der Waals surface area contributed by atoms with Gasteiger partial charge in [0.05, 0.1) is 6.10 Å². The second kappa shape index (κ2) is 5.10. The van der Waals surface area contributed by atoms with Crippen LogP contribution in [0, 0.1) is 5.82 Å². The molecule has 1 aliphatic heterocycles. The molecule has 0 radical (unpaired) electrons. The Morgan fingerprint density at radius 2 is 2.12 bits per heavy atom. The van der Waals surface area contributed by atoms with Crippen molar-refractivity contribution in [1.82, 2.24) is 4.90 Å². The summed E-state index contributed by atoms with van der Waals surface area (Å²) in [5, 5.41) is 9.30. The van der Waals surface area contributed by atoms with Crippen LogP contribution in [0.15, 0.2) is 30.3 Å². The van der Waals surface area contributed by atoms with E-state index in [2.05, 4.69) is 0 Å². The fraction of sp³-hybridized carbons (Fsp3) is 0.308. The Morgan fingerprint density at radius 3 is 2.71 bits per heavy atom. The third kappa shape index (κ3) is 3.14. The fourth-order valence-electron chi connectivity index (χ4n) is 1.79. The molecule has 1 saturated heterocycles. The Hall–Kier alpha value is -1.68. The summed E-state index contributed by atoms with van der Waals surface area (Å²) in [5.41, 5.74) is 0.777. The summed E-state index contributed by atoms with van der Waals surface area (Å²) in [6.07, 6.45) is 3.33. The van der Waals surface area contributed by atoms with Crippen molar-refractivity contribution < 1.29 is 14.3 Å². The first-order valence-corrected chi connectivity index (χ1v) is 5.56. The van der Waals surface area contributed by atoms with Crippen molar-refractivity contribution in [2.45, 2.75) is 12.5 Å². The Morgan fingerprint density at radius 1 is 1.41 bits per heavy atom. The molecular formula is C13H14FNO2. The van der Waals surface area contributed by atoms with E-state index in [-0.39, 0.29) is 11.7 Å². The van der Waals surface area contributed by atoms with E-state index >= 15 is 0 Å². The van der Waals surface area contributed by atoms with Crippen molar-refractivity contribution in [3.63, 3.8) is 0 Å². The van der Waals surface area contributed by atoms with Crippen LogP contribution in [-0.4, -0.2) is 35.1 Å². The van der Waals surface area contributed by atoms with Crippen LogP contribution >= 0.6 is 0 Å². The average Bonchev–Trinajstić information content (AvgIpc) is 2.75. The van der Waals surface area contributed by atoms with Crippen LogP contribution in [0.2, 0.25) is 0 Å². The van der Waals surface area contributed by atoms with Gasteiger partial charge in [-0.1, -0.05) is 12.1 Å². The van der Waals surface area contributed by atoms with Gasteiger partial charge in [-0.2, -0.15) is 0 Å². The van der Waals surface area contributed by atoms with Crippen molar-refractivity contribution in [2.24, 2.45) is 0 Å². The number of carbonyl (C=O) groups is 1. The molecular weight excluding hydrogens is 221 g/mol. The van der Waals surface area contributed by atoms with Gasteiger partial charge in [0.1, 0.15) is 5.82 Å². The molecule has 1 atom stereocenters. The molecule has 1 fully saturated rings. The minimum Gasteiger partial charge on any atom is -0.391 e. The summed E-state index contributed by atoms with van der Waals surface area (Å²) >= 11 is 0. The maximum Gasteiger partial charge on any atom is 0.246 e. The van der Waals surface area contributed by atoms with Gasteiger partial charge in [0.15, 0.2) is 0 Å². The number of amides is 1. The third-order valence-electron chi connectivity index (χ3n) is 2.76. The third-order valence-corrected chi connectivity index (χ3v) is 2.76. The number of halogens is 1. The minimum absolute atomic E-state index is 0.120. The van der Waals surface area contributed by atoms with Crippen molar-refractivity contribution >= 4 is 12.0 Å². The van der Waals surface area contributed by atoms with Crippen LogP contribution in [0.5, 0.6) is 0 Å². The quantitative estimate of drug-likeness (QED) is 0.788. The van der Waals surface area contributed by atoms with Crippen molar-refractivity contribution in [3.8, 4) is 0 Å². The number of β-amino-alcohol motifs (C(OH)–C–C–N with tert-alkyl or cyclic N) is 1. The lowest BCUT2D eigenvalue weighted by Gasteiger charge is -2.12. The van der Waals surface area contributed by atoms with Gasteiger partial charge in [0.2, 0.25) is 5.91 Å². The lowest BCUT2D eigenvalue weighted by molar-refractivity contribution is -0.125. The number of aliphatic hydroxyl groups is 1. The van der Waals surface area contributed by atoms with Crippen LogP contribution < -0.4 is 0 Å². The van der Waals surface area contributed by atoms with Crippen LogP contribution in [0.4, 0.5) is 4.39 Å². The first kappa shape index (κ1) is 11.8. The van der Waals surface area contributed by atoms with E-state index in [4.69, 9.17) is 0 Å². The molecule has 0 spiro atoms. The minimum atomic E-state index is -0.404. The van der Waals surface area contributed by atoms with Gasteiger partial charge in [-0.3, -0.25) is 4.79 Å². The molecule has 1 aliphatic rings. The molecule has 0 aliphatic carbocycles. The highest BCUT2D eigenvalue weighted by Gasteiger charge is 2.22. The number of aliphatic hydroxyl groups excluding tert-OH is 1. The topological polar surface area (TPSA) is 40.5 Å². The molecule has 1 N–H and O–H groups in total. The van der Waals surface area contributed by atoms with E-state index in [0.29, 0.717) is 19.5 Å². The molecule has 0 unspecified atom stereocenters. The number of hydrogen-bond acceptors (Lipinski definition) is 2. The smallest absolute Gasteiger partial charge is 0.246 e. The van der Waals surface area contributed by atoms with E-state index in [1.165, 1.54) is 18.2 Å². The predicted molar refractivity (Wildman–Crippen MR) is 62.6 cm³/mol. The largest absolute Gasteiger partial charge is 0.391 e. The summed E-state index contributed by atoms with van der Waals surface area (Å²) in [5.74, 6) is -0.415. The monoisotopic (exact) mass is 235 g/mol. The number of hydrogen-bond donors (Lipinski definition) is 1. The molecule has 0 saturated carbocycles. The average molecular weight is 235 g/mol. The molecule has 2 rings (SSSR count). The highest BCUT2D eigenvalue weighted by Crippen LogP contribution is 2.10. The zero-order chi connectivity index (χ0) is 12.3. The Balaban J connectivity index is 1.96. The van der Waals surface area contributed by atoms with Crippen LogP contribution in [-0.2, 0) is 4.79 Å². The zero-order valence-electron chi connectivity index (χ0n) is 9.34. The maximum atomic E-state index is 12.6. The van der Waals surface area contributed by atoms with Gasteiger partial charge in [0.25, 0.3) is 0 Å². The summed E-state index contributed by atoms with van der Waals surface area (Å²) in [6.45, 7) is 0.986. The summed E-state index contributed by atoms with van der Waals surface area (Å²) < 4.78 is 12.6. The molecule has 3 nitrogen and oxygen atoms in total. The molecule has 1 aromatic carbocycles. The van der Waals surface area contributed by atoms with Gasteiger partial charge in [-0.25, -0.2) is 4.39 Å². The van der Waals surface area contributed by atoms with E-state index in [1.807, 2.05) is 0 Å². The molecule has 0 bridgehead atoms. The number of benzene rings is 1. The lowest BCUT2D eigenvalue weighted by Crippen LogP contribution is -2.27. The summed E-state index contributed by atoms with van der Waals surface area (Å²) in [4.78, 5) is 13.3.